The molecule has 5 heteroatoms. The first kappa shape index (κ1) is 16.6. The van der Waals surface area contributed by atoms with Crippen molar-refractivity contribution in [3.63, 3.8) is 0 Å². The number of fused-ring (bicyclic) bond motifs is 1. The maximum Gasteiger partial charge on any atom is 0.287 e. The number of aryl methyl sites for hydroxylation is 1. The Morgan fingerprint density at radius 3 is 2.72 bits per heavy atom. The third-order valence-electron chi connectivity index (χ3n) is 5.81. The Kier molecular flexibility index (Phi) is 4.52. The molecule has 1 aliphatic heterocycles. The summed E-state index contributed by atoms with van der Waals surface area (Å²) in [5.41, 5.74) is 1.82. The number of carbonyl (C=O) groups excluding carboxylic acids is 1. The van der Waals surface area contributed by atoms with Crippen LogP contribution in [0.4, 0.5) is 0 Å². The molecule has 3 N–H and O–H groups in total. The molecule has 4 rings (SSSR count). The molecular weight excluding hydrogens is 316 g/mol. The molecule has 0 bridgehead atoms. The van der Waals surface area contributed by atoms with Crippen LogP contribution in [-0.2, 0) is 0 Å². The lowest BCUT2D eigenvalue weighted by molar-refractivity contribution is 0.00891. The fraction of sp³-hybridized carbons (Fsp3) is 0.550. The van der Waals surface area contributed by atoms with Crippen LogP contribution in [0.15, 0.2) is 28.7 Å². The molecule has 2 aromatic rings. The molecule has 0 spiro atoms. The van der Waals surface area contributed by atoms with E-state index in [1.165, 1.54) is 0 Å². The van der Waals surface area contributed by atoms with Crippen molar-refractivity contribution in [1.82, 2.24) is 10.6 Å². The Labute approximate surface area is 147 Å². The number of amides is 1. The highest BCUT2D eigenvalue weighted by molar-refractivity contribution is 5.96. The van der Waals surface area contributed by atoms with Gasteiger partial charge in [0.15, 0.2) is 5.76 Å². The number of benzene rings is 1. The van der Waals surface area contributed by atoms with Gasteiger partial charge in [0.05, 0.1) is 6.10 Å². The van der Waals surface area contributed by atoms with E-state index < -0.39 is 0 Å². The molecule has 134 valence electrons. The second kappa shape index (κ2) is 6.81. The van der Waals surface area contributed by atoms with Gasteiger partial charge in [-0.1, -0.05) is 18.2 Å². The highest BCUT2D eigenvalue weighted by Crippen LogP contribution is 2.36. The van der Waals surface area contributed by atoms with Crippen LogP contribution in [0.1, 0.15) is 41.8 Å². The van der Waals surface area contributed by atoms with Gasteiger partial charge < -0.3 is 20.2 Å². The highest BCUT2D eigenvalue weighted by atomic mass is 16.3. The van der Waals surface area contributed by atoms with E-state index in [-0.39, 0.29) is 18.1 Å². The minimum Gasteiger partial charge on any atom is -0.451 e. The van der Waals surface area contributed by atoms with Crippen molar-refractivity contribution in [1.29, 1.82) is 0 Å². The van der Waals surface area contributed by atoms with E-state index in [2.05, 4.69) is 10.6 Å². The molecule has 0 unspecified atom stereocenters. The van der Waals surface area contributed by atoms with Crippen molar-refractivity contribution in [3.05, 3.63) is 35.6 Å². The van der Waals surface area contributed by atoms with E-state index in [4.69, 9.17) is 4.42 Å². The SMILES string of the molecule is Cc1cccc2cc(C(=O)N[C@H](C3CCNCC3)C3CC(O)C3)oc12. The number of para-hydroxylation sites is 1. The van der Waals surface area contributed by atoms with Crippen molar-refractivity contribution in [2.45, 2.75) is 44.8 Å². The lowest BCUT2D eigenvalue weighted by atomic mass is 9.71. The molecule has 2 heterocycles. The van der Waals surface area contributed by atoms with Gasteiger partial charge in [0.2, 0.25) is 0 Å². The zero-order valence-electron chi connectivity index (χ0n) is 14.6. The van der Waals surface area contributed by atoms with Crippen LogP contribution in [-0.4, -0.2) is 36.2 Å². The Balaban J connectivity index is 1.53. The second-order valence-corrected chi connectivity index (χ2v) is 7.58. The molecule has 1 atom stereocenters. The Bertz CT molecular complexity index is 757. The summed E-state index contributed by atoms with van der Waals surface area (Å²) >= 11 is 0. The molecule has 0 radical (unpaired) electrons. The van der Waals surface area contributed by atoms with Crippen LogP contribution in [0.2, 0.25) is 0 Å². The topological polar surface area (TPSA) is 74.5 Å². The van der Waals surface area contributed by atoms with E-state index in [1.807, 2.05) is 31.2 Å². The van der Waals surface area contributed by atoms with Gasteiger partial charge in [-0.25, -0.2) is 0 Å². The first-order valence-electron chi connectivity index (χ1n) is 9.30. The molecule has 1 saturated heterocycles. The van der Waals surface area contributed by atoms with Crippen LogP contribution >= 0.6 is 0 Å². The highest BCUT2D eigenvalue weighted by Gasteiger charge is 2.39. The Morgan fingerprint density at radius 2 is 2.04 bits per heavy atom. The third kappa shape index (κ3) is 3.31. The van der Waals surface area contributed by atoms with Gasteiger partial charge in [-0.3, -0.25) is 4.79 Å². The maximum absolute atomic E-state index is 12.8. The Hall–Kier alpha value is -1.85. The fourth-order valence-electron chi connectivity index (χ4n) is 4.29. The molecule has 1 aromatic carbocycles. The Morgan fingerprint density at radius 1 is 1.28 bits per heavy atom. The predicted octanol–water partition coefficient (Wildman–Crippen LogP) is 2.61. The van der Waals surface area contributed by atoms with Gasteiger partial charge in [0.25, 0.3) is 5.91 Å². The van der Waals surface area contributed by atoms with Crippen molar-refractivity contribution in [3.8, 4) is 0 Å². The number of aliphatic hydroxyl groups excluding tert-OH is 1. The number of hydrogen-bond donors (Lipinski definition) is 3. The van der Waals surface area contributed by atoms with Crippen LogP contribution in [0.25, 0.3) is 11.0 Å². The number of piperidine rings is 1. The summed E-state index contributed by atoms with van der Waals surface area (Å²) in [6.07, 6.45) is 3.50. The smallest absolute Gasteiger partial charge is 0.287 e. The number of carbonyl (C=O) groups is 1. The summed E-state index contributed by atoms with van der Waals surface area (Å²) in [7, 11) is 0. The number of aliphatic hydroxyl groups is 1. The molecule has 1 aliphatic carbocycles. The summed E-state index contributed by atoms with van der Waals surface area (Å²) in [6.45, 7) is 3.98. The maximum atomic E-state index is 12.8. The van der Waals surface area contributed by atoms with Crippen molar-refractivity contribution in [2.24, 2.45) is 11.8 Å². The largest absolute Gasteiger partial charge is 0.451 e. The van der Waals surface area contributed by atoms with Crippen LogP contribution in [0, 0.1) is 18.8 Å². The number of hydrogen-bond acceptors (Lipinski definition) is 4. The van der Waals surface area contributed by atoms with Gasteiger partial charge in [-0.15, -0.1) is 0 Å². The summed E-state index contributed by atoms with van der Waals surface area (Å²) in [4.78, 5) is 12.8. The van der Waals surface area contributed by atoms with Crippen molar-refractivity contribution >= 4 is 16.9 Å². The standard InChI is InChI=1S/C20H26N2O3/c1-12-3-2-4-14-11-17(25-19(12)14)20(24)22-18(15-9-16(23)10-15)13-5-7-21-8-6-13/h2-4,11,13,15-16,18,21,23H,5-10H2,1H3,(H,22,24)/t15?,16?,18-/m1/s1. The fourth-order valence-corrected chi connectivity index (χ4v) is 4.29. The zero-order valence-corrected chi connectivity index (χ0v) is 14.6. The third-order valence-corrected chi connectivity index (χ3v) is 5.81. The van der Waals surface area contributed by atoms with E-state index in [0.717, 1.165) is 55.3 Å². The summed E-state index contributed by atoms with van der Waals surface area (Å²) in [6, 6.07) is 7.87. The monoisotopic (exact) mass is 342 g/mol. The molecular formula is C20H26N2O3. The summed E-state index contributed by atoms with van der Waals surface area (Å²) in [5.74, 6) is 1.07. The van der Waals surface area contributed by atoms with Gasteiger partial charge >= 0.3 is 0 Å². The first-order valence-corrected chi connectivity index (χ1v) is 9.30. The van der Waals surface area contributed by atoms with Crippen molar-refractivity contribution in [2.75, 3.05) is 13.1 Å². The quantitative estimate of drug-likeness (QED) is 0.798. The second-order valence-electron chi connectivity index (χ2n) is 7.58. The summed E-state index contributed by atoms with van der Waals surface area (Å²) < 4.78 is 5.83. The molecule has 5 nitrogen and oxygen atoms in total. The minimum absolute atomic E-state index is 0.118. The number of nitrogens with one attached hydrogen (secondary N) is 2. The molecule has 1 aromatic heterocycles. The molecule has 2 fully saturated rings. The number of furan rings is 1. The zero-order chi connectivity index (χ0) is 17.4. The molecule has 25 heavy (non-hydrogen) atoms. The van der Waals surface area contributed by atoms with Gasteiger partial charge in [-0.05, 0) is 69.2 Å². The lowest BCUT2D eigenvalue weighted by Gasteiger charge is -2.43. The normalized spacial score (nSPS) is 25.5. The lowest BCUT2D eigenvalue weighted by Crippen LogP contribution is -2.52. The van der Waals surface area contributed by atoms with Crippen LogP contribution < -0.4 is 10.6 Å². The molecule has 1 saturated carbocycles. The minimum atomic E-state index is -0.208. The predicted molar refractivity (Wildman–Crippen MR) is 96.5 cm³/mol. The average molecular weight is 342 g/mol. The van der Waals surface area contributed by atoms with E-state index in [0.29, 0.717) is 17.6 Å². The van der Waals surface area contributed by atoms with Crippen LogP contribution in [0.5, 0.6) is 0 Å². The van der Waals surface area contributed by atoms with Gasteiger partial charge in [0.1, 0.15) is 5.58 Å². The average Bonchev–Trinajstić information content (AvgIpc) is 3.04. The molecule has 2 aliphatic rings. The van der Waals surface area contributed by atoms with E-state index in [9.17, 15) is 9.90 Å². The summed E-state index contributed by atoms with van der Waals surface area (Å²) in [5, 5.41) is 17.3. The van der Waals surface area contributed by atoms with E-state index >= 15 is 0 Å². The van der Waals surface area contributed by atoms with Gasteiger partial charge in [0, 0.05) is 11.4 Å². The van der Waals surface area contributed by atoms with Gasteiger partial charge in [-0.2, -0.15) is 0 Å². The molecule has 1 amide bonds. The number of rotatable bonds is 4. The van der Waals surface area contributed by atoms with Crippen LogP contribution in [0.3, 0.4) is 0 Å². The van der Waals surface area contributed by atoms with Crippen molar-refractivity contribution < 1.29 is 14.3 Å². The first-order chi connectivity index (χ1) is 12.1. The van der Waals surface area contributed by atoms with E-state index in [1.54, 1.807) is 0 Å².